The van der Waals surface area contributed by atoms with E-state index >= 15 is 0 Å². The van der Waals surface area contributed by atoms with E-state index in [2.05, 4.69) is 10.3 Å². The number of carboxylic acids is 1. The maximum absolute atomic E-state index is 11.2. The topological polar surface area (TPSA) is 96.4 Å². The van der Waals surface area contributed by atoms with Crippen molar-refractivity contribution in [2.24, 2.45) is 0 Å². The zero-order chi connectivity index (χ0) is 13.0. The molecule has 0 bridgehead atoms. The predicted molar refractivity (Wildman–Crippen MR) is 61.0 cm³/mol. The summed E-state index contributed by atoms with van der Waals surface area (Å²) < 4.78 is 0. The van der Waals surface area contributed by atoms with Gasteiger partial charge in [-0.15, -0.1) is 11.3 Å². The molecule has 0 aliphatic rings. The van der Waals surface area contributed by atoms with Crippen LogP contribution in [0.1, 0.15) is 33.7 Å². The van der Waals surface area contributed by atoms with E-state index < -0.39 is 5.97 Å². The third kappa shape index (κ3) is 3.95. The summed E-state index contributed by atoms with van der Waals surface area (Å²) in [7, 11) is 0. The number of ketones is 1. The lowest BCUT2D eigenvalue weighted by Gasteiger charge is -1.99. The number of aromatic carboxylic acids is 1. The van der Waals surface area contributed by atoms with Crippen LogP contribution in [0.15, 0.2) is 0 Å². The second kappa shape index (κ2) is 5.53. The zero-order valence-electron chi connectivity index (χ0n) is 9.44. The van der Waals surface area contributed by atoms with Crippen LogP contribution in [0.5, 0.6) is 0 Å². The van der Waals surface area contributed by atoms with Gasteiger partial charge in [0.05, 0.1) is 13.0 Å². The first kappa shape index (κ1) is 13.3. The van der Waals surface area contributed by atoms with Crippen LogP contribution in [0.2, 0.25) is 0 Å². The van der Waals surface area contributed by atoms with Gasteiger partial charge in [-0.1, -0.05) is 0 Å². The number of hydrogen-bond donors (Lipinski definition) is 2. The van der Waals surface area contributed by atoms with Crippen molar-refractivity contribution in [3.8, 4) is 0 Å². The number of aryl methyl sites for hydroxylation is 1. The van der Waals surface area contributed by atoms with Gasteiger partial charge >= 0.3 is 5.97 Å². The van der Waals surface area contributed by atoms with Gasteiger partial charge in [0.2, 0.25) is 5.91 Å². The van der Waals surface area contributed by atoms with E-state index in [-0.39, 0.29) is 30.3 Å². The first-order valence-electron chi connectivity index (χ1n) is 4.86. The fourth-order valence-electron chi connectivity index (χ4n) is 1.19. The van der Waals surface area contributed by atoms with Crippen LogP contribution in [-0.2, 0) is 16.1 Å². The number of thiazole rings is 1. The number of carbonyl (C=O) groups is 3. The van der Waals surface area contributed by atoms with Gasteiger partial charge in [-0.25, -0.2) is 9.78 Å². The van der Waals surface area contributed by atoms with Gasteiger partial charge in [0.15, 0.2) is 5.69 Å². The highest BCUT2D eigenvalue weighted by Gasteiger charge is 2.14. The lowest BCUT2D eigenvalue weighted by molar-refractivity contribution is -0.127. The molecule has 0 fully saturated rings. The highest BCUT2D eigenvalue weighted by molar-refractivity contribution is 7.11. The van der Waals surface area contributed by atoms with Gasteiger partial charge in [0, 0.05) is 4.88 Å². The molecule has 1 aromatic rings. The molecule has 1 aromatic heterocycles. The maximum atomic E-state index is 11.2. The zero-order valence-corrected chi connectivity index (χ0v) is 10.3. The minimum Gasteiger partial charge on any atom is -0.476 e. The molecular weight excluding hydrogens is 244 g/mol. The summed E-state index contributed by atoms with van der Waals surface area (Å²) in [6, 6.07) is 0. The summed E-state index contributed by atoms with van der Waals surface area (Å²) in [6.07, 6.45) is -0.170. The van der Waals surface area contributed by atoms with Crippen molar-refractivity contribution < 1.29 is 19.5 Å². The SMILES string of the molecule is CC(=O)CC(=O)NCc1nc(C(=O)O)c(C)s1. The molecule has 7 heteroatoms. The highest BCUT2D eigenvalue weighted by Crippen LogP contribution is 2.17. The van der Waals surface area contributed by atoms with Crippen LogP contribution in [0.4, 0.5) is 0 Å². The molecule has 0 aliphatic carbocycles. The van der Waals surface area contributed by atoms with E-state index in [1.54, 1.807) is 6.92 Å². The minimum atomic E-state index is -1.08. The smallest absolute Gasteiger partial charge is 0.355 e. The van der Waals surface area contributed by atoms with Crippen LogP contribution in [-0.4, -0.2) is 27.8 Å². The van der Waals surface area contributed by atoms with Gasteiger partial charge in [-0.05, 0) is 13.8 Å². The third-order valence-corrected chi connectivity index (χ3v) is 2.86. The molecule has 0 radical (unpaired) electrons. The third-order valence-electron chi connectivity index (χ3n) is 1.89. The van der Waals surface area contributed by atoms with E-state index in [4.69, 9.17) is 5.11 Å². The monoisotopic (exact) mass is 256 g/mol. The van der Waals surface area contributed by atoms with Crippen LogP contribution < -0.4 is 5.32 Å². The molecule has 2 N–H and O–H groups in total. The van der Waals surface area contributed by atoms with Crippen LogP contribution in [0.25, 0.3) is 0 Å². The van der Waals surface area contributed by atoms with Crippen LogP contribution in [0, 0.1) is 6.92 Å². The van der Waals surface area contributed by atoms with E-state index in [9.17, 15) is 14.4 Å². The van der Waals surface area contributed by atoms with E-state index in [0.29, 0.717) is 9.88 Å². The second-order valence-electron chi connectivity index (χ2n) is 3.47. The minimum absolute atomic E-state index is 0.00539. The average Bonchev–Trinajstić information content (AvgIpc) is 2.56. The van der Waals surface area contributed by atoms with Crippen molar-refractivity contribution in [3.05, 3.63) is 15.6 Å². The first-order chi connectivity index (χ1) is 7.90. The van der Waals surface area contributed by atoms with Crippen molar-refractivity contribution in [1.82, 2.24) is 10.3 Å². The van der Waals surface area contributed by atoms with Crippen molar-refractivity contribution in [2.75, 3.05) is 0 Å². The fraction of sp³-hybridized carbons (Fsp3) is 0.400. The van der Waals surface area contributed by atoms with Gasteiger partial charge in [-0.2, -0.15) is 0 Å². The largest absolute Gasteiger partial charge is 0.476 e. The molecule has 1 amide bonds. The standard InChI is InChI=1S/C10H12N2O4S/c1-5(13)3-7(14)11-4-8-12-9(10(15)16)6(2)17-8/h3-4H2,1-2H3,(H,11,14)(H,15,16). The number of hydrogen-bond acceptors (Lipinski definition) is 5. The average molecular weight is 256 g/mol. The number of rotatable bonds is 5. The summed E-state index contributed by atoms with van der Waals surface area (Å²) >= 11 is 1.21. The number of nitrogens with one attached hydrogen (secondary N) is 1. The normalized spacial score (nSPS) is 10.0. The summed E-state index contributed by atoms with van der Waals surface area (Å²) in [5, 5.41) is 11.8. The first-order valence-corrected chi connectivity index (χ1v) is 5.67. The van der Waals surface area contributed by atoms with Crippen molar-refractivity contribution in [2.45, 2.75) is 26.8 Å². The Labute approximate surface area is 102 Å². The summed E-state index contributed by atoms with van der Waals surface area (Å²) in [5.41, 5.74) is 0.00539. The van der Waals surface area contributed by atoms with E-state index in [1.165, 1.54) is 18.3 Å². The molecule has 0 spiro atoms. The number of carbonyl (C=O) groups excluding carboxylic acids is 2. The Morgan fingerprint density at radius 2 is 2.06 bits per heavy atom. The molecule has 17 heavy (non-hydrogen) atoms. The number of amides is 1. The predicted octanol–water partition coefficient (Wildman–Crippen LogP) is 0.745. The summed E-state index contributed by atoms with van der Waals surface area (Å²) in [6.45, 7) is 3.13. The molecule has 0 aromatic carbocycles. The maximum Gasteiger partial charge on any atom is 0.355 e. The van der Waals surface area contributed by atoms with Crippen molar-refractivity contribution in [1.29, 1.82) is 0 Å². The molecule has 0 saturated carbocycles. The lowest BCUT2D eigenvalue weighted by atomic mass is 10.3. The molecule has 1 heterocycles. The molecule has 0 aliphatic heterocycles. The highest BCUT2D eigenvalue weighted by atomic mass is 32.1. The van der Waals surface area contributed by atoms with Gasteiger partial charge in [-0.3, -0.25) is 9.59 Å². The van der Waals surface area contributed by atoms with Crippen molar-refractivity contribution >= 4 is 29.0 Å². The Balaban J connectivity index is 2.58. The number of carboxylic acid groups (broad SMARTS) is 1. The van der Waals surface area contributed by atoms with Gasteiger partial charge in [0.1, 0.15) is 10.8 Å². The molecule has 1 rings (SSSR count). The molecule has 0 saturated heterocycles. The number of nitrogens with zero attached hydrogens (tertiary/aromatic N) is 1. The molecule has 92 valence electrons. The second-order valence-corrected chi connectivity index (χ2v) is 4.76. The fourth-order valence-corrected chi connectivity index (χ4v) is 2.05. The van der Waals surface area contributed by atoms with Gasteiger partial charge in [0.25, 0.3) is 0 Å². The van der Waals surface area contributed by atoms with Gasteiger partial charge < -0.3 is 10.4 Å². The van der Waals surface area contributed by atoms with Crippen LogP contribution >= 0.6 is 11.3 Å². The Morgan fingerprint density at radius 1 is 1.41 bits per heavy atom. The Kier molecular flexibility index (Phi) is 4.33. The number of aromatic nitrogens is 1. The molecule has 0 unspecified atom stereocenters. The van der Waals surface area contributed by atoms with E-state index in [1.807, 2.05) is 0 Å². The Morgan fingerprint density at radius 3 is 2.53 bits per heavy atom. The quantitative estimate of drug-likeness (QED) is 0.757. The Bertz CT molecular complexity index is 467. The van der Waals surface area contributed by atoms with E-state index in [0.717, 1.165) is 0 Å². The molecular formula is C10H12N2O4S. The van der Waals surface area contributed by atoms with Crippen molar-refractivity contribution in [3.63, 3.8) is 0 Å². The lowest BCUT2D eigenvalue weighted by Crippen LogP contribution is -2.24. The van der Waals surface area contributed by atoms with Crippen LogP contribution in [0.3, 0.4) is 0 Å². The Hall–Kier alpha value is -1.76. The summed E-state index contributed by atoms with van der Waals surface area (Å²) in [5.74, 6) is -1.69. The summed E-state index contributed by atoms with van der Waals surface area (Å²) in [4.78, 5) is 37.0. The number of Topliss-reactive ketones (excluding diaryl/α,β-unsaturated/α-hetero) is 1. The molecule has 6 nitrogen and oxygen atoms in total. The molecule has 0 atom stereocenters.